The van der Waals surface area contributed by atoms with Gasteiger partial charge in [0.05, 0.1) is 26.4 Å². The van der Waals surface area contributed by atoms with Crippen molar-refractivity contribution < 1.29 is 9.00 Å². The molecule has 1 atom stereocenters. The molecule has 3 aromatic rings. The zero-order valence-corrected chi connectivity index (χ0v) is 20.3. The Labute approximate surface area is 198 Å². The van der Waals surface area contributed by atoms with Gasteiger partial charge >= 0.3 is 0 Å². The van der Waals surface area contributed by atoms with E-state index >= 15 is 0 Å². The third kappa shape index (κ3) is 5.66. The highest BCUT2D eigenvalue weighted by molar-refractivity contribution is 7.85. The van der Waals surface area contributed by atoms with E-state index in [4.69, 9.17) is 28.9 Å². The van der Waals surface area contributed by atoms with Gasteiger partial charge in [0.2, 0.25) is 5.78 Å². The van der Waals surface area contributed by atoms with Crippen molar-refractivity contribution in [2.24, 2.45) is 5.92 Å². The minimum absolute atomic E-state index is 0.108. The van der Waals surface area contributed by atoms with Crippen molar-refractivity contribution in [1.29, 1.82) is 0 Å². The maximum absolute atomic E-state index is 12.9. The minimum atomic E-state index is -1.03. The molecule has 0 amide bonds. The molecule has 5 nitrogen and oxygen atoms in total. The Morgan fingerprint density at radius 1 is 1.13 bits per heavy atom. The molecule has 31 heavy (non-hydrogen) atoms. The largest absolute Gasteiger partial charge is 0.382 e. The summed E-state index contributed by atoms with van der Waals surface area (Å²) in [5, 5.41) is 4.13. The van der Waals surface area contributed by atoms with Crippen molar-refractivity contribution in [1.82, 2.24) is 4.98 Å². The van der Waals surface area contributed by atoms with Crippen molar-refractivity contribution in [3.8, 4) is 0 Å². The van der Waals surface area contributed by atoms with Gasteiger partial charge in [-0.2, -0.15) is 0 Å². The van der Waals surface area contributed by atoms with Crippen LogP contribution >= 0.6 is 34.5 Å². The number of nitrogens with one attached hydrogen (secondary N) is 1. The summed E-state index contributed by atoms with van der Waals surface area (Å²) in [4.78, 5) is 18.2. The van der Waals surface area contributed by atoms with Crippen LogP contribution in [-0.2, 0) is 10.8 Å². The van der Waals surface area contributed by atoms with E-state index in [0.29, 0.717) is 16.8 Å². The van der Waals surface area contributed by atoms with Gasteiger partial charge in [-0.25, -0.2) is 4.98 Å². The van der Waals surface area contributed by atoms with Crippen molar-refractivity contribution in [2.75, 3.05) is 16.8 Å². The van der Waals surface area contributed by atoms with Crippen LogP contribution in [0.15, 0.2) is 47.4 Å². The molecule has 0 bridgehead atoms. The lowest BCUT2D eigenvalue weighted by atomic mass is 10.1. The topological polar surface area (TPSA) is 85.1 Å². The third-order valence-corrected chi connectivity index (χ3v) is 8.15. The molecular formula is C22H23Cl2N3O2S2. The lowest BCUT2D eigenvalue weighted by Gasteiger charge is -2.12. The van der Waals surface area contributed by atoms with E-state index in [1.807, 2.05) is 24.3 Å². The fraction of sp³-hybridized carbons (Fsp3) is 0.273. The van der Waals surface area contributed by atoms with Gasteiger partial charge in [-0.05, 0) is 42.3 Å². The number of hydrogen-bond donors (Lipinski definition) is 2. The third-order valence-electron chi connectivity index (χ3n) is 4.96. The van der Waals surface area contributed by atoms with E-state index in [1.165, 1.54) is 0 Å². The maximum atomic E-state index is 12.9. The van der Waals surface area contributed by atoms with Crippen LogP contribution in [0.3, 0.4) is 0 Å². The van der Waals surface area contributed by atoms with E-state index in [1.54, 1.807) is 18.2 Å². The fourth-order valence-corrected chi connectivity index (χ4v) is 5.98. The number of nitrogens with two attached hydrogens (primary N) is 1. The number of nitrogen functional groups attached to an aromatic ring is 1. The zero-order valence-electron chi connectivity index (χ0n) is 17.2. The number of anilines is 3. The Balaban J connectivity index is 1.74. The van der Waals surface area contributed by atoms with Gasteiger partial charge in [-0.3, -0.25) is 9.00 Å². The molecule has 0 radical (unpaired) electrons. The number of nitrogens with zero attached hydrogens (tertiary/aromatic N) is 1. The Bertz CT molecular complexity index is 1080. The molecule has 0 aliphatic rings. The summed E-state index contributed by atoms with van der Waals surface area (Å²) in [6.45, 7) is 4.24. The van der Waals surface area contributed by atoms with Crippen LogP contribution in [0.1, 0.15) is 41.9 Å². The molecule has 0 aliphatic carbocycles. The summed E-state index contributed by atoms with van der Waals surface area (Å²) in [6.07, 6.45) is 2.04. The first-order valence-corrected chi connectivity index (χ1v) is 12.7. The molecule has 0 fully saturated rings. The molecule has 3 N–H and O–H groups in total. The molecule has 0 aliphatic heterocycles. The van der Waals surface area contributed by atoms with Crippen LogP contribution in [-0.4, -0.2) is 20.7 Å². The van der Waals surface area contributed by atoms with E-state index in [2.05, 4.69) is 24.1 Å². The van der Waals surface area contributed by atoms with E-state index < -0.39 is 10.8 Å². The van der Waals surface area contributed by atoms with Gasteiger partial charge in [0.1, 0.15) is 10.7 Å². The number of carbonyl (C=O) groups excluding carboxylic acids is 1. The molecule has 1 aromatic heterocycles. The fourth-order valence-electron chi connectivity index (χ4n) is 3.02. The van der Waals surface area contributed by atoms with Crippen molar-refractivity contribution in [3.63, 3.8) is 0 Å². The van der Waals surface area contributed by atoms with Gasteiger partial charge in [-0.1, -0.05) is 67.3 Å². The predicted molar refractivity (Wildman–Crippen MR) is 131 cm³/mol. The molecule has 9 heteroatoms. The number of hydrogen-bond acceptors (Lipinski definition) is 6. The highest BCUT2D eigenvalue weighted by Gasteiger charge is 2.22. The molecule has 164 valence electrons. The highest BCUT2D eigenvalue weighted by Crippen LogP contribution is 2.34. The first-order chi connectivity index (χ1) is 14.8. The second-order valence-corrected chi connectivity index (χ2v) is 10.3. The number of thiazole rings is 1. The van der Waals surface area contributed by atoms with Crippen LogP contribution in [0.5, 0.6) is 0 Å². The van der Waals surface area contributed by atoms with Crippen molar-refractivity contribution in [2.45, 2.75) is 31.6 Å². The van der Waals surface area contributed by atoms with Gasteiger partial charge < -0.3 is 11.1 Å². The van der Waals surface area contributed by atoms with Crippen LogP contribution in [0.2, 0.25) is 10.0 Å². The normalized spacial score (nSPS) is 12.2. The number of ketones is 1. The zero-order chi connectivity index (χ0) is 22.5. The number of carbonyl (C=O) groups is 1. The average molecular weight is 496 g/mol. The minimum Gasteiger partial charge on any atom is -0.382 e. The van der Waals surface area contributed by atoms with Crippen LogP contribution in [0, 0.1) is 5.92 Å². The summed E-state index contributed by atoms with van der Waals surface area (Å²) < 4.78 is 12.6. The molecule has 0 saturated carbocycles. The van der Waals surface area contributed by atoms with Gasteiger partial charge in [-0.15, -0.1) is 0 Å². The number of rotatable bonds is 9. The van der Waals surface area contributed by atoms with E-state index in [-0.39, 0.29) is 32.1 Å². The molecule has 0 spiro atoms. The average Bonchev–Trinajstić information content (AvgIpc) is 3.12. The summed E-state index contributed by atoms with van der Waals surface area (Å²) in [7, 11) is -1.03. The summed E-state index contributed by atoms with van der Waals surface area (Å²) in [5.74, 6) is 0.862. The van der Waals surface area contributed by atoms with Gasteiger partial charge in [0, 0.05) is 16.3 Å². The van der Waals surface area contributed by atoms with Crippen LogP contribution in [0.4, 0.5) is 16.6 Å². The standard InChI is InChI=1S/C22H23Cl2N3O2S2/c1-3-13(4-2)12-31(29)15-10-8-14(9-11-15)26-22-27-21(25)20(30-22)19(28)18-16(23)6-5-7-17(18)24/h5-11,13H,3-4,12,25H2,1-2H3,(H,26,27). The summed E-state index contributed by atoms with van der Waals surface area (Å²) >= 11 is 13.4. The molecule has 2 aromatic carbocycles. The van der Waals surface area contributed by atoms with Crippen molar-refractivity contribution in [3.05, 3.63) is 63.0 Å². The van der Waals surface area contributed by atoms with Gasteiger partial charge in [0.25, 0.3) is 0 Å². The lowest BCUT2D eigenvalue weighted by molar-refractivity contribution is 0.104. The predicted octanol–water partition coefficient (Wildman–Crippen LogP) is 6.55. The number of aromatic nitrogens is 1. The lowest BCUT2D eigenvalue weighted by Crippen LogP contribution is -2.09. The summed E-state index contributed by atoms with van der Waals surface area (Å²) in [6, 6.07) is 12.2. The van der Waals surface area contributed by atoms with Crippen molar-refractivity contribution >= 4 is 67.8 Å². The smallest absolute Gasteiger partial charge is 0.209 e. The monoisotopic (exact) mass is 495 g/mol. The second-order valence-electron chi connectivity index (χ2n) is 7.00. The maximum Gasteiger partial charge on any atom is 0.209 e. The molecule has 0 saturated heterocycles. The Hall–Kier alpha value is -1.93. The Morgan fingerprint density at radius 3 is 2.32 bits per heavy atom. The van der Waals surface area contributed by atoms with Gasteiger partial charge in [0.15, 0.2) is 5.13 Å². The molecule has 3 rings (SSSR count). The SMILES string of the molecule is CCC(CC)CS(=O)c1ccc(Nc2nc(N)c(C(=O)c3c(Cl)cccc3Cl)s2)cc1. The summed E-state index contributed by atoms with van der Waals surface area (Å²) in [5.41, 5.74) is 6.94. The quantitative estimate of drug-likeness (QED) is 0.328. The van der Waals surface area contributed by atoms with E-state index in [9.17, 15) is 9.00 Å². The molecule has 1 unspecified atom stereocenters. The number of halogens is 2. The highest BCUT2D eigenvalue weighted by atomic mass is 35.5. The Kier molecular flexibility index (Phi) is 8.11. The molecular weight excluding hydrogens is 473 g/mol. The second kappa shape index (κ2) is 10.6. The Morgan fingerprint density at radius 2 is 1.74 bits per heavy atom. The molecule has 1 heterocycles. The van der Waals surface area contributed by atoms with E-state index in [0.717, 1.165) is 34.8 Å². The van der Waals surface area contributed by atoms with Crippen LogP contribution < -0.4 is 11.1 Å². The first kappa shape index (κ1) is 23.7. The first-order valence-electron chi connectivity index (χ1n) is 9.84. The van der Waals surface area contributed by atoms with Crippen LogP contribution in [0.25, 0.3) is 0 Å². The number of benzene rings is 2.